The number of piperidine rings is 1. The first-order valence-corrected chi connectivity index (χ1v) is 11.8. The van der Waals surface area contributed by atoms with Gasteiger partial charge in [-0.15, -0.1) is 0 Å². The largest absolute Gasteiger partial charge is 0.481 e. The number of carboxylic acids is 1. The van der Waals surface area contributed by atoms with Gasteiger partial charge in [0, 0.05) is 25.2 Å². The third-order valence-corrected chi connectivity index (χ3v) is 6.20. The highest BCUT2D eigenvalue weighted by atomic mass is 16.4. The molecular weight excluding hydrogens is 420 g/mol. The molecule has 0 bridgehead atoms. The van der Waals surface area contributed by atoms with Crippen molar-refractivity contribution in [3.8, 4) is 0 Å². The molecule has 1 aliphatic heterocycles. The van der Waals surface area contributed by atoms with Crippen molar-refractivity contribution in [3.63, 3.8) is 0 Å². The topological polar surface area (TPSA) is 105 Å². The molecule has 2 amide bonds. The molecule has 2 aromatic rings. The zero-order valence-corrected chi connectivity index (χ0v) is 19.7. The minimum atomic E-state index is -1.01. The van der Waals surface area contributed by atoms with Crippen LogP contribution in [0.15, 0.2) is 30.3 Å². The fourth-order valence-electron chi connectivity index (χ4n) is 4.45. The Morgan fingerprint density at radius 1 is 1.18 bits per heavy atom. The second-order valence-electron chi connectivity index (χ2n) is 8.70. The zero-order chi connectivity index (χ0) is 24.0. The highest BCUT2D eigenvalue weighted by molar-refractivity contribution is 5.98. The summed E-state index contributed by atoms with van der Waals surface area (Å²) in [5, 5.41) is 16.5. The maximum Gasteiger partial charge on any atom is 0.305 e. The molecule has 1 aromatic carbocycles. The fraction of sp³-hybridized carbons (Fsp3) is 0.520. The molecule has 0 saturated carbocycles. The first-order chi connectivity index (χ1) is 15.8. The van der Waals surface area contributed by atoms with Crippen molar-refractivity contribution in [2.45, 2.75) is 77.9 Å². The lowest BCUT2D eigenvalue weighted by molar-refractivity contribution is -0.137. The molecule has 3 rings (SSSR count). The predicted molar refractivity (Wildman–Crippen MR) is 125 cm³/mol. The molecule has 1 aliphatic rings. The number of aromatic nitrogens is 2. The summed E-state index contributed by atoms with van der Waals surface area (Å²) in [5.41, 5.74) is 2.27. The Morgan fingerprint density at radius 2 is 1.91 bits per heavy atom. The maximum atomic E-state index is 13.4. The monoisotopic (exact) mass is 454 g/mol. The van der Waals surface area contributed by atoms with Crippen LogP contribution in [0.4, 0.5) is 0 Å². The Kier molecular flexibility index (Phi) is 8.25. The molecule has 0 aliphatic carbocycles. The Balaban J connectivity index is 1.82. The van der Waals surface area contributed by atoms with E-state index < -0.39 is 17.9 Å². The van der Waals surface area contributed by atoms with Crippen molar-refractivity contribution < 1.29 is 19.5 Å². The number of hydrogen-bond donors (Lipinski definition) is 2. The zero-order valence-electron chi connectivity index (χ0n) is 19.7. The van der Waals surface area contributed by atoms with Gasteiger partial charge in [0.1, 0.15) is 5.69 Å². The fourth-order valence-corrected chi connectivity index (χ4v) is 4.45. The SMILES string of the molecule is CCC[C@H]1CCCCN1C(=O)c1cc(C(=O)NC(CC(=O)O)c2ccc(C)cc2)nn1CC. The number of carbonyl (C=O) groups excluding carboxylic acids is 2. The van der Waals surface area contributed by atoms with Gasteiger partial charge in [-0.05, 0) is 45.1 Å². The van der Waals surface area contributed by atoms with Gasteiger partial charge in [-0.3, -0.25) is 19.1 Å². The van der Waals surface area contributed by atoms with Crippen LogP contribution >= 0.6 is 0 Å². The quantitative estimate of drug-likeness (QED) is 0.597. The van der Waals surface area contributed by atoms with E-state index in [1.54, 1.807) is 4.68 Å². The average molecular weight is 455 g/mol. The number of nitrogens with zero attached hydrogens (tertiary/aromatic N) is 3. The van der Waals surface area contributed by atoms with Crippen LogP contribution in [-0.2, 0) is 11.3 Å². The normalized spacial score (nSPS) is 16.9. The summed E-state index contributed by atoms with van der Waals surface area (Å²) in [7, 11) is 0. The second-order valence-corrected chi connectivity index (χ2v) is 8.70. The molecule has 1 fully saturated rings. The summed E-state index contributed by atoms with van der Waals surface area (Å²) >= 11 is 0. The molecule has 1 aromatic heterocycles. The molecule has 2 atom stereocenters. The number of aliphatic carboxylic acids is 1. The van der Waals surface area contributed by atoms with E-state index in [4.69, 9.17) is 0 Å². The van der Waals surface area contributed by atoms with Crippen LogP contribution in [0, 0.1) is 6.92 Å². The molecule has 8 heteroatoms. The number of carbonyl (C=O) groups is 3. The maximum absolute atomic E-state index is 13.4. The van der Waals surface area contributed by atoms with Gasteiger partial charge in [-0.25, -0.2) is 0 Å². The molecule has 178 valence electrons. The van der Waals surface area contributed by atoms with Crippen LogP contribution in [0.5, 0.6) is 0 Å². The summed E-state index contributed by atoms with van der Waals surface area (Å²) in [6.45, 7) is 7.12. The lowest BCUT2D eigenvalue weighted by atomic mass is 9.98. The molecule has 0 spiro atoms. The number of hydrogen-bond acceptors (Lipinski definition) is 4. The number of likely N-dealkylation sites (tertiary alicyclic amines) is 1. The summed E-state index contributed by atoms with van der Waals surface area (Å²) in [4.78, 5) is 39.7. The number of carboxylic acid groups (broad SMARTS) is 1. The van der Waals surface area contributed by atoms with Gasteiger partial charge in [-0.1, -0.05) is 43.2 Å². The van der Waals surface area contributed by atoms with Gasteiger partial charge in [-0.2, -0.15) is 5.10 Å². The van der Waals surface area contributed by atoms with Crippen LogP contribution in [0.1, 0.15) is 90.5 Å². The number of benzene rings is 1. The van der Waals surface area contributed by atoms with Gasteiger partial charge in [0.15, 0.2) is 5.69 Å². The molecule has 0 radical (unpaired) electrons. The standard InChI is InChI=1S/C25H34N4O4/c1-4-8-19-9-6-7-14-28(19)25(33)22-15-21(27-29(22)5-2)24(32)26-20(16-23(30)31)18-12-10-17(3)11-13-18/h10-13,15,19-20H,4-9,14,16H2,1-3H3,(H,26,32)(H,30,31)/t19-,20?/m0/s1. The Bertz CT molecular complexity index is 981. The highest BCUT2D eigenvalue weighted by Crippen LogP contribution is 2.24. The van der Waals surface area contributed by atoms with E-state index in [2.05, 4.69) is 17.3 Å². The van der Waals surface area contributed by atoms with E-state index >= 15 is 0 Å². The molecule has 1 saturated heterocycles. The average Bonchev–Trinajstić information content (AvgIpc) is 3.24. The first-order valence-electron chi connectivity index (χ1n) is 11.8. The van der Waals surface area contributed by atoms with Gasteiger partial charge in [0.2, 0.25) is 0 Å². The lowest BCUT2D eigenvalue weighted by Gasteiger charge is -2.35. The van der Waals surface area contributed by atoms with Crippen LogP contribution in [0.25, 0.3) is 0 Å². The van der Waals surface area contributed by atoms with Gasteiger partial charge >= 0.3 is 5.97 Å². The third kappa shape index (κ3) is 6.00. The highest BCUT2D eigenvalue weighted by Gasteiger charge is 2.30. The van der Waals surface area contributed by atoms with Crippen molar-refractivity contribution >= 4 is 17.8 Å². The first kappa shape index (κ1) is 24.5. The van der Waals surface area contributed by atoms with Crippen molar-refractivity contribution in [1.29, 1.82) is 0 Å². The van der Waals surface area contributed by atoms with E-state index in [0.29, 0.717) is 24.3 Å². The van der Waals surface area contributed by atoms with E-state index in [1.807, 2.05) is 43.0 Å². The lowest BCUT2D eigenvalue weighted by Crippen LogP contribution is -2.44. The number of aryl methyl sites for hydroxylation is 2. The molecule has 1 unspecified atom stereocenters. The molecular formula is C25H34N4O4. The summed E-state index contributed by atoms with van der Waals surface area (Å²) in [6, 6.07) is 8.44. The van der Waals surface area contributed by atoms with Crippen LogP contribution < -0.4 is 5.32 Å². The minimum Gasteiger partial charge on any atom is -0.481 e. The number of rotatable bonds is 9. The minimum absolute atomic E-state index is 0.0952. The summed E-state index contributed by atoms with van der Waals surface area (Å²) < 4.78 is 1.56. The Labute approximate surface area is 195 Å². The van der Waals surface area contributed by atoms with E-state index in [9.17, 15) is 19.5 Å². The summed E-state index contributed by atoms with van der Waals surface area (Å²) in [6.07, 6.45) is 4.83. The van der Waals surface area contributed by atoms with Crippen LogP contribution in [-0.4, -0.2) is 50.2 Å². The molecule has 8 nitrogen and oxygen atoms in total. The Morgan fingerprint density at radius 3 is 2.55 bits per heavy atom. The van der Waals surface area contributed by atoms with Crippen LogP contribution in [0.2, 0.25) is 0 Å². The second kappa shape index (κ2) is 11.1. The van der Waals surface area contributed by atoms with Gasteiger partial charge in [0.25, 0.3) is 11.8 Å². The molecule has 2 heterocycles. The van der Waals surface area contributed by atoms with E-state index in [0.717, 1.165) is 37.7 Å². The van der Waals surface area contributed by atoms with Gasteiger partial charge in [0.05, 0.1) is 12.5 Å². The van der Waals surface area contributed by atoms with Crippen molar-refractivity contribution in [2.24, 2.45) is 0 Å². The van der Waals surface area contributed by atoms with Crippen molar-refractivity contribution in [2.75, 3.05) is 6.54 Å². The predicted octanol–water partition coefficient (Wildman–Crippen LogP) is 3.95. The molecule has 33 heavy (non-hydrogen) atoms. The van der Waals surface area contributed by atoms with Crippen molar-refractivity contribution in [1.82, 2.24) is 20.0 Å². The number of amides is 2. The smallest absolute Gasteiger partial charge is 0.305 e. The van der Waals surface area contributed by atoms with Crippen LogP contribution in [0.3, 0.4) is 0 Å². The van der Waals surface area contributed by atoms with E-state index in [-0.39, 0.29) is 24.1 Å². The van der Waals surface area contributed by atoms with Crippen molar-refractivity contribution in [3.05, 3.63) is 52.8 Å². The van der Waals surface area contributed by atoms with Gasteiger partial charge < -0.3 is 15.3 Å². The third-order valence-electron chi connectivity index (χ3n) is 6.20. The van der Waals surface area contributed by atoms with E-state index in [1.165, 1.54) is 6.07 Å². The number of nitrogens with one attached hydrogen (secondary N) is 1. The Hall–Kier alpha value is -3.16. The summed E-state index contributed by atoms with van der Waals surface area (Å²) in [5.74, 6) is -1.60. The molecule has 2 N–H and O–H groups in total.